The fraction of sp³-hybridized carbons (Fsp3) is 0.500. The van der Waals surface area contributed by atoms with Crippen LogP contribution in [0, 0.1) is 0 Å². The van der Waals surface area contributed by atoms with Crippen molar-refractivity contribution in [2.24, 2.45) is 5.73 Å². The monoisotopic (exact) mass is 247 g/mol. The first kappa shape index (κ1) is 12.7. The van der Waals surface area contributed by atoms with Gasteiger partial charge in [0, 0.05) is 12.6 Å². The minimum atomic E-state index is -0.294. The molecule has 1 aromatic rings. The molecule has 2 rings (SSSR count). The van der Waals surface area contributed by atoms with Gasteiger partial charge in [-0.2, -0.15) is 0 Å². The highest BCUT2D eigenvalue weighted by Gasteiger charge is 2.20. The maximum Gasteiger partial charge on any atom is 0.236 e. The number of carbonyl (C=O) groups is 1. The predicted octanol–water partition coefficient (Wildman–Crippen LogP) is 1.74. The van der Waals surface area contributed by atoms with E-state index in [1.54, 1.807) is 0 Å². The molecule has 0 bridgehead atoms. The summed E-state index contributed by atoms with van der Waals surface area (Å²) in [5, 5.41) is 3.45. The van der Waals surface area contributed by atoms with Crippen molar-refractivity contribution < 1.29 is 4.79 Å². The van der Waals surface area contributed by atoms with Gasteiger partial charge >= 0.3 is 0 Å². The molecular weight excluding hydrogens is 226 g/mol. The number of nitrogens with zero attached hydrogens (tertiary/aromatic N) is 1. The highest BCUT2D eigenvalue weighted by atomic mass is 16.1. The first-order chi connectivity index (χ1) is 8.59. The van der Waals surface area contributed by atoms with Crippen LogP contribution in [0.4, 0.5) is 11.4 Å². The molecule has 0 aliphatic carbocycles. The third kappa shape index (κ3) is 2.58. The van der Waals surface area contributed by atoms with Crippen molar-refractivity contribution in [1.29, 1.82) is 0 Å². The fourth-order valence-corrected chi connectivity index (χ4v) is 2.44. The summed E-state index contributed by atoms with van der Waals surface area (Å²) in [5.41, 5.74) is 8.92. The number of fused-ring (bicyclic) bond motifs is 1. The molecule has 0 saturated heterocycles. The number of para-hydroxylation sites is 1. The molecule has 4 heteroatoms. The number of nitrogens with one attached hydrogen (secondary N) is 1. The second kappa shape index (κ2) is 5.29. The number of benzene rings is 1. The summed E-state index contributed by atoms with van der Waals surface area (Å²) < 4.78 is 0. The van der Waals surface area contributed by atoms with Gasteiger partial charge in [-0.05, 0) is 38.3 Å². The van der Waals surface area contributed by atoms with E-state index in [0.29, 0.717) is 0 Å². The first-order valence-corrected chi connectivity index (χ1v) is 6.50. The second-order valence-corrected chi connectivity index (χ2v) is 5.03. The van der Waals surface area contributed by atoms with Gasteiger partial charge in [-0.25, -0.2) is 0 Å². The summed E-state index contributed by atoms with van der Waals surface area (Å²) in [7, 11) is 0. The summed E-state index contributed by atoms with van der Waals surface area (Å²) >= 11 is 0. The molecule has 1 heterocycles. The highest BCUT2D eigenvalue weighted by molar-refractivity contribution is 5.83. The van der Waals surface area contributed by atoms with E-state index < -0.39 is 0 Å². The van der Waals surface area contributed by atoms with Crippen LogP contribution in [-0.2, 0) is 11.2 Å². The van der Waals surface area contributed by atoms with Gasteiger partial charge in [0.1, 0.15) is 0 Å². The maximum absolute atomic E-state index is 11.2. The van der Waals surface area contributed by atoms with Crippen LogP contribution in [0.2, 0.25) is 0 Å². The van der Waals surface area contributed by atoms with Crippen LogP contribution in [0.5, 0.6) is 0 Å². The van der Waals surface area contributed by atoms with Crippen molar-refractivity contribution in [3.63, 3.8) is 0 Å². The Hall–Kier alpha value is -1.71. The van der Waals surface area contributed by atoms with Crippen molar-refractivity contribution in [2.45, 2.75) is 32.7 Å². The molecule has 0 spiro atoms. The third-order valence-electron chi connectivity index (χ3n) is 3.31. The fourth-order valence-electron chi connectivity index (χ4n) is 2.44. The average Bonchev–Trinajstić information content (AvgIpc) is 2.35. The molecule has 18 heavy (non-hydrogen) atoms. The number of primary amides is 1. The topological polar surface area (TPSA) is 58.4 Å². The number of amides is 1. The summed E-state index contributed by atoms with van der Waals surface area (Å²) in [5.74, 6) is -0.294. The maximum atomic E-state index is 11.2. The Bertz CT molecular complexity index is 443. The van der Waals surface area contributed by atoms with Crippen LogP contribution in [0.25, 0.3) is 0 Å². The van der Waals surface area contributed by atoms with Gasteiger partial charge in [-0.3, -0.25) is 4.79 Å². The van der Waals surface area contributed by atoms with Gasteiger partial charge in [-0.1, -0.05) is 12.1 Å². The quantitative estimate of drug-likeness (QED) is 0.852. The lowest BCUT2D eigenvalue weighted by Gasteiger charge is -2.32. The zero-order valence-corrected chi connectivity index (χ0v) is 11.1. The lowest BCUT2D eigenvalue weighted by molar-refractivity contribution is -0.116. The lowest BCUT2D eigenvalue weighted by Crippen LogP contribution is -2.39. The lowest BCUT2D eigenvalue weighted by atomic mass is 10.0. The average molecular weight is 247 g/mol. The van der Waals surface area contributed by atoms with Gasteiger partial charge < -0.3 is 16.0 Å². The zero-order chi connectivity index (χ0) is 13.1. The van der Waals surface area contributed by atoms with Crippen molar-refractivity contribution in [3.05, 3.63) is 23.8 Å². The summed E-state index contributed by atoms with van der Waals surface area (Å²) in [6, 6.07) is 6.50. The standard InChI is InChI=1S/C14H21N3O/c1-10(2)17(9-13(15)18)12-7-3-5-11-6-4-8-16-14(11)12/h3,5,7,10,16H,4,6,8-9H2,1-2H3,(H2,15,18). The molecule has 1 amide bonds. The second-order valence-electron chi connectivity index (χ2n) is 5.03. The molecule has 0 aromatic heterocycles. The minimum absolute atomic E-state index is 0.243. The number of carbonyl (C=O) groups excluding carboxylic acids is 1. The number of anilines is 2. The van der Waals surface area contributed by atoms with E-state index in [-0.39, 0.29) is 18.5 Å². The predicted molar refractivity (Wildman–Crippen MR) is 74.9 cm³/mol. The van der Waals surface area contributed by atoms with Crippen LogP contribution in [0.1, 0.15) is 25.8 Å². The molecule has 1 aliphatic rings. The van der Waals surface area contributed by atoms with Crippen LogP contribution in [0.15, 0.2) is 18.2 Å². The molecule has 0 saturated carbocycles. The zero-order valence-electron chi connectivity index (χ0n) is 11.1. The summed E-state index contributed by atoms with van der Waals surface area (Å²) in [6.45, 7) is 5.40. The highest BCUT2D eigenvalue weighted by Crippen LogP contribution is 2.33. The van der Waals surface area contributed by atoms with Crippen LogP contribution in [-0.4, -0.2) is 25.0 Å². The number of hydrogen-bond donors (Lipinski definition) is 2. The Labute approximate surface area is 108 Å². The van der Waals surface area contributed by atoms with Crippen molar-refractivity contribution in [1.82, 2.24) is 0 Å². The summed E-state index contributed by atoms with van der Waals surface area (Å²) in [4.78, 5) is 13.3. The van der Waals surface area contributed by atoms with Crippen LogP contribution >= 0.6 is 0 Å². The Morgan fingerprint density at radius 1 is 1.50 bits per heavy atom. The van der Waals surface area contributed by atoms with Gasteiger partial charge in [-0.15, -0.1) is 0 Å². The SMILES string of the molecule is CC(C)N(CC(N)=O)c1cccc2c1NCCC2. The van der Waals surface area contributed by atoms with E-state index in [1.807, 2.05) is 0 Å². The molecule has 0 unspecified atom stereocenters. The third-order valence-corrected chi connectivity index (χ3v) is 3.31. The van der Waals surface area contributed by atoms with Crippen LogP contribution in [0.3, 0.4) is 0 Å². The van der Waals surface area contributed by atoms with E-state index in [1.165, 1.54) is 11.3 Å². The van der Waals surface area contributed by atoms with Crippen molar-refractivity contribution in [3.8, 4) is 0 Å². The molecular formula is C14H21N3O. The summed E-state index contributed by atoms with van der Waals surface area (Å²) in [6.07, 6.45) is 2.26. The molecule has 1 aromatic carbocycles. The molecule has 0 fully saturated rings. The first-order valence-electron chi connectivity index (χ1n) is 6.50. The largest absolute Gasteiger partial charge is 0.383 e. The molecule has 3 N–H and O–H groups in total. The van der Waals surface area contributed by atoms with Crippen molar-refractivity contribution in [2.75, 3.05) is 23.3 Å². The Morgan fingerprint density at radius 2 is 2.28 bits per heavy atom. The van der Waals surface area contributed by atoms with Gasteiger partial charge in [0.2, 0.25) is 5.91 Å². The Balaban J connectivity index is 2.38. The number of aryl methyl sites for hydroxylation is 1. The Morgan fingerprint density at radius 3 is 2.94 bits per heavy atom. The number of rotatable bonds is 4. The molecule has 0 atom stereocenters. The van der Waals surface area contributed by atoms with E-state index in [9.17, 15) is 4.79 Å². The number of hydrogen-bond acceptors (Lipinski definition) is 3. The van der Waals surface area contributed by atoms with Gasteiger partial charge in [0.15, 0.2) is 0 Å². The van der Waals surface area contributed by atoms with Crippen LogP contribution < -0.4 is 16.0 Å². The molecule has 0 radical (unpaired) electrons. The van der Waals surface area contributed by atoms with Gasteiger partial charge in [0.25, 0.3) is 0 Å². The molecule has 1 aliphatic heterocycles. The number of nitrogens with two attached hydrogens (primary N) is 1. The van der Waals surface area contributed by atoms with Crippen molar-refractivity contribution >= 4 is 17.3 Å². The van der Waals surface area contributed by atoms with E-state index in [0.717, 1.165) is 25.1 Å². The smallest absolute Gasteiger partial charge is 0.236 e. The van der Waals surface area contributed by atoms with E-state index in [4.69, 9.17) is 5.73 Å². The minimum Gasteiger partial charge on any atom is -0.383 e. The molecule has 98 valence electrons. The van der Waals surface area contributed by atoms with Gasteiger partial charge in [0.05, 0.1) is 17.9 Å². The Kier molecular flexibility index (Phi) is 3.75. The normalized spacial score (nSPS) is 13.9. The molecule has 4 nitrogen and oxygen atoms in total. The van der Waals surface area contributed by atoms with E-state index >= 15 is 0 Å². The van der Waals surface area contributed by atoms with E-state index in [2.05, 4.69) is 42.3 Å².